The molecule has 0 N–H and O–H groups in total. The minimum Gasteiger partial charge on any atom is -0.343 e. The summed E-state index contributed by atoms with van der Waals surface area (Å²) in [7, 11) is 0. The summed E-state index contributed by atoms with van der Waals surface area (Å²) in [5, 5.41) is 0. The summed E-state index contributed by atoms with van der Waals surface area (Å²) in [4.78, 5) is 9.78. The van der Waals surface area contributed by atoms with Crippen molar-refractivity contribution >= 4 is 5.96 Å². The van der Waals surface area contributed by atoms with Gasteiger partial charge < -0.3 is 9.80 Å². The molecule has 0 amide bonds. The van der Waals surface area contributed by atoms with Gasteiger partial charge in [-0.2, -0.15) is 0 Å². The normalized spacial score (nSPS) is 17.7. The highest BCUT2D eigenvalue weighted by Crippen LogP contribution is 2.16. The van der Waals surface area contributed by atoms with Gasteiger partial charge in [0, 0.05) is 31.2 Å². The Morgan fingerprint density at radius 1 is 0.941 bits per heavy atom. The second kappa shape index (κ2) is 6.27. The van der Waals surface area contributed by atoms with Gasteiger partial charge in [-0.05, 0) is 54.4 Å². The molecule has 0 aromatic rings. The molecule has 0 unspecified atom stereocenters. The Labute approximate surface area is 107 Å². The average Bonchev–Trinajstić information content (AvgIpc) is 2.66. The third-order valence-corrected chi connectivity index (χ3v) is 3.11. The minimum atomic E-state index is 0.366. The van der Waals surface area contributed by atoms with E-state index in [1.165, 1.54) is 31.9 Å². The lowest BCUT2D eigenvalue weighted by Gasteiger charge is -2.38. The first kappa shape index (κ1) is 14.3. The van der Waals surface area contributed by atoms with E-state index in [-0.39, 0.29) is 0 Å². The van der Waals surface area contributed by atoms with Crippen LogP contribution < -0.4 is 0 Å². The summed E-state index contributed by atoms with van der Waals surface area (Å²) >= 11 is 0. The first-order valence-corrected chi connectivity index (χ1v) is 7.04. The van der Waals surface area contributed by atoms with E-state index in [2.05, 4.69) is 51.3 Å². The summed E-state index contributed by atoms with van der Waals surface area (Å²) in [5.74, 6) is 1.21. The second-order valence-electron chi connectivity index (χ2n) is 5.81. The van der Waals surface area contributed by atoms with E-state index in [1.807, 2.05) is 0 Å². The van der Waals surface area contributed by atoms with Crippen LogP contribution in [0.2, 0.25) is 0 Å². The average molecular weight is 239 g/mol. The van der Waals surface area contributed by atoms with Crippen molar-refractivity contribution in [1.82, 2.24) is 9.80 Å². The predicted molar refractivity (Wildman–Crippen MR) is 75.5 cm³/mol. The van der Waals surface area contributed by atoms with Gasteiger partial charge in [0.05, 0.1) is 0 Å². The zero-order valence-electron chi connectivity index (χ0n) is 12.4. The Hall–Kier alpha value is -0.730. The topological polar surface area (TPSA) is 18.8 Å². The molecule has 1 aliphatic rings. The summed E-state index contributed by atoms with van der Waals surface area (Å²) in [6, 6.07) is 1.38. The zero-order chi connectivity index (χ0) is 13.0. The van der Waals surface area contributed by atoms with Gasteiger partial charge >= 0.3 is 0 Å². The standard InChI is InChI=1S/C14H29N3/c1-11(2)15-14(16-9-7-8-10-16)17(12(3)4)13(5)6/h11-13H,7-10H2,1-6H3. The molecule has 0 aliphatic carbocycles. The van der Waals surface area contributed by atoms with E-state index in [9.17, 15) is 0 Å². The van der Waals surface area contributed by atoms with Crippen LogP contribution in [0.25, 0.3) is 0 Å². The van der Waals surface area contributed by atoms with Crippen molar-refractivity contribution in [2.75, 3.05) is 13.1 Å². The molecule has 0 radical (unpaired) electrons. The van der Waals surface area contributed by atoms with Gasteiger partial charge in [-0.3, -0.25) is 4.99 Å². The predicted octanol–water partition coefficient (Wildman–Crippen LogP) is 2.97. The molecular formula is C14H29N3. The lowest BCUT2D eigenvalue weighted by atomic mass is 10.2. The Kier molecular flexibility index (Phi) is 5.29. The van der Waals surface area contributed by atoms with Gasteiger partial charge in [0.15, 0.2) is 5.96 Å². The largest absolute Gasteiger partial charge is 0.343 e. The highest BCUT2D eigenvalue weighted by Gasteiger charge is 2.25. The quantitative estimate of drug-likeness (QED) is 0.557. The molecule has 0 bridgehead atoms. The molecular weight excluding hydrogens is 210 g/mol. The van der Waals surface area contributed by atoms with Gasteiger partial charge in [0.25, 0.3) is 0 Å². The maximum atomic E-state index is 4.87. The highest BCUT2D eigenvalue weighted by atomic mass is 15.4. The first-order valence-electron chi connectivity index (χ1n) is 7.04. The summed E-state index contributed by atoms with van der Waals surface area (Å²) in [6.45, 7) is 15.7. The van der Waals surface area contributed by atoms with Gasteiger partial charge in [-0.15, -0.1) is 0 Å². The third-order valence-electron chi connectivity index (χ3n) is 3.11. The molecule has 17 heavy (non-hydrogen) atoms. The number of aliphatic imine (C=N–C) groups is 1. The van der Waals surface area contributed by atoms with Gasteiger partial charge in [-0.1, -0.05) is 0 Å². The van der Waals surface area contributed by atoms with Crippen LogP contribution >= 0.6 is 0 Å². The molecule has 1 fully saturated rings. The van der Waals surface area contributed by atoms with Crippen LogP contribution in [0.4, 0.5) is 0 Å². The smallest absolute Gasteiger partial charge is 0.197 e. The fourth-order valence-corrected chi connectivity index (χ4v) is 2.52. The van der Waals surface area contributed by atoms with Crippen LogP contribution in [-0.4, -0.2) is 47.0 Å². The van der Waals surface area contributed by atoms with Gasteiger partial charge in [0.2, 0.25) is 0 Å². The molecule has 1 saturated heterocycles. The van der Waals surface area contributed by atoms with Gasteiger partial charge in [0.1, 0.15) is 0 Å². The van der Waals surface area contributed by atoms with Crippen molar-refractivity contribution in [1.29, 1.82) is 0 Å². The number of hydrogen-bond acceptors (Lipinski definition) is 1. The van der Waals surface area contributed by atoms with E-state index < -0.39 is 0 Å². The van der Waals surface area contributed by atoms with Crippen LogP contribution in [-0.2, 0) is 0 Å². The monoisotopic (exact) mass is 239 g/mol. The maximum Gasteiger partial charge on any atom is 0.197 e. The molecule has 0 atom stereocenters. The lowest BCUT2D eigenvalue weighted by molar-refractivity contribution is 0.250. The number of rotatable bonds is 3. The second-order valence-corrected chi connectivity index (χ2v) is 5.81. The fourth-order valence-electron chi connectivity index (χ4n) is 2.52. The van der Waals surface area contributed by atoms with Crippen LogP contribution in [0.5, 0.6) is 0 Å². The molecule has 3 heteroatoms. The number of nitrogens with zero attached hydrogens (tertiary/aromatic N) is 3. The summed E-state index contributed by atoms with van der Waals surface area (Å²) in [6.07, 6.45) is 2.61. The molecule has 100 valence electrons. The van der Waals surface area contributed by atoms with E-state index in [0.29, 0.717) is 18.1 Å². The Morgan fingerprint density at radius 3 is 1.76 bits per heavy atom. The molecule has 1 heterocycles. The van der Waals surface area contributed by atoms with Crippen LogP contribution in [0.1, 0.15) is 54.4 Å². The van der Waals surface area contributed by atoms with Crippen molar-refractivity contribution in [3.8, 4) is 0 Å². The van der Waals surface area contributed by atoms with E-state index in [1.54, 1.807) is 0 Å². The van der Waals surface area contributed by atoms with Crippen molar-refractivity contribution < 1.29 is 0 Å². The van der Waals surface area contributed by atoms with Crippen molar-refractivity contribution in [2.24, 2.45) is 4.99 Å². The van der Waals surface area contributed by atoms with Crippen molar-refractivity contribution in [3.63, 3.8) is 0 Å². The van der Waals surface area contributed by atoms with E-state index in [0.717, 1.165) is 0 Å². The molecule has 1 aliphatic heterocycles. The molecule has 0 spiro atoms. The molecule has 1 rings (SSSR count). The Bertz CT molecular complexity index is 242. The zero-order valence-corrected chi connectivity index (χ0v) is 12.4. The summed E-state index contributed by atoms with van der Waals surface area (Å²) < 4.78 is 0. The van der Waals surface area contributed by atoms with Crippen LogP contribution in [0.3, 0.4) is 0 Å². The van der Waals surface area contributed by atoms with E-state index >= 15 is 0 Å². The van der Waals surface area contributed by atoms with E-state index in [4.69, 9.17) is 4.99 Å². The third kappa shape index (κ3) is 3.90. The van der Waals surface area contributed by atoms with Crippen LogP contribution in [0.15, 0.2) is 4.99 Å². The molecule has 3 nitrogen and oxygen atoms in total. The maximum absolute atomic E-state index is 4.87. The lowest BCUT2D eigenvalue weighted by Crippen LogP contribution is -2.50. The van der Waals surface area contributed by atoms with Crippen LogP contribution in [0, 0.1) is 0 Å². The molecule has 0 saturated carbocycles. The van der Waals surface area contributed by atoms with Crippen molar-refractivity contribution in [3.05, 3.63) is 0 Å². The highest BCUT2D eigenvalue weighted by molar-refractivity contribution is 5.81. The number of guanidine groups is 1. The minimum absolute atomic E-state index is 0.366. The summed E-state index contributed by atoms with van der Waals surface area (Å²) in [5.41, 5.74) is 0. The molecule has 0 aromatic carbocycles. The Morgan fingerprint density at radius 2 is 1.41 bits per heavy atom. The molecule has 0 aromatic heterocycles. The fraction of sp³-hybridized carbons (Fsp3) is 0.929. The Balaban J connectivity index is 2.94. The first-order chi connectivity index (χ1) is 7.93. The van der Waals surface area contributed by atoms with Crippen molar-refractivity contribution in [2.45, 2.75) is 72.5 Å². The number of hydrogen-bond donors (Lipinski definition) is 0. The van der Waals surface area contributed by atoms with Gasteiger partial charge in [-0.25, -0.2) is 0 Å². The SMILES string of the molecule is CC(C)N=C(N1CCCC1)N(C(C)C)C(C)C. The number of likely N-dealkylation sites (tertiary alicyclic amines) is 1.